The molecule has 1 aromatic rings. The molecule has 0 amide bonds. The lowest BCUT2D eigenvalue weighted by atomic mass is 10.1. The van der Waals surface area contributed by atoms with Crippen LogP contribution >= 0.6 is 0 Å². The van der Waals surface area contributed by atoms with Gasteiger partial charge in [-0.2, -0.15) is 0 Å². The van der Waals surface area contributed by atoms with Crippen molar-refractivity contribution in [3.63, 3.8) is 0 Å². The molecule has 2 aliphatic heterocycles. The van der Waals surface area contributed by atoms with E-state index in [0.717, 1.165) is 11.3 Å². The minimum atomic E-state index is 1.05. The first kappa shape index (κ1) is 10.8. The largest absolute Gasteiger partial charge is 0.351 e. The molecular formula is C16H14N2. The maximum Gasteiger partial charge on any atom is 0.0708 e. The van der Waals surface area contributed by atoms with Gasteiger partial charge in [-0.1, -0.05) is 30.4 Å². The molecule has 0 aromatic heterocycles. The summed E-state index contributed by atoms with van der Waals surface area (Å²) in [7, 11) is 2.04. The number of hydrogen-bond acceptors (Lipinski definition) is 2. The molecule has 2 aliphatic rings. The molecule has 88 valence electrons. The maximum atomic E-state index is 4.40. The quantitative estimate of drug-likeness (QED) is 0.723. The van der Waals surface area contributed by atoms with E-state index in [4.69, 9.17) is 0 Å². The second kappa shape index (κ2) is 4.49. The molecule has 0 radical (unpaired) electrons. The van der Waals surface area contributed by atoms with E-state index in [1.807, 2.05) is 49.8 Å². The Morgan fingerprint density at radius 2 is 2.00 bits per heavy atom. The highest BCUT2D eigenvalue weighted by atomic mass is 15.1. The van der Waals surface area contributed by atoms with Crippen LogP contribution in [0, 0.1) is 0 Å². The average Bonchev–Trinajstić information content (AvgIpc) is 2.81. The van der Waals surface area contributed by atoms with Gasteiger partial charge in [0.25, 0.3) is 0 Å². The summed E-state index contributed by atoms with van der Waals surface area (Å²) >= 11 is 0. The van der Waals surface area contributed by atoms with E-state index in [-0.39, 0.29) is 0 Å². The molecule has 3 rings (SSSR count). The van der Waals surface area contributed by atoms with Crippen LogP contribution in [0.25, 0.3) is 5.57 Å². The number of benzene rings is 1. The van der Waals surface area contributed by atoms with E-state index in [1.54, 1.807) is 0 Å². The number of nitrogens with zero attached hydrogens (tertiary/aromatic N) is 2. The summed E-state index contributed by atoms with van der Waals surface area (Å²) in [6, 6.07) is 8.20. The highest BCUT2D eigenvalue weighted by Gasteiger charge is 2.09. The van der Waals surface area contributed by atoms with Gasteiger partial charge >= 0.3 is 0 Å². The lowest BCUT2D eigenvalue weighted by Gasteiger charge is -2.17. The minimum absolute atomic E-state index is 1.05. The summed E-state index contributed by atoms with van der Waals surface area (Å²) in [6.07, 6.45) is 14.4. The van der Waals surface area contributed by atoms with Gasteiger partial charge in [-0.25, -0.2) is 0 Å². The summed E-state index contributed by atoms with van der Waals surface area (Å²) in [5, 5.41) is 0. The zero-order chi connectivity index (χ0) is 12.4. The molecule has 0 saturated heterocycles. The van der Waals surface area contributed by atoms with Gasteiger partial charge in [-0.05, 0) is 24.3 Å². The number of para-hydroxylation sites is 1. The summed E-state index contributed by atoms with van der Waals surface area (Å²) < 4.78 is 0. The zero-order valence-corrected chi connectivity index (χ0v) is 10.2. The van der Waals surface area contributed by atoms with Gasteiger partial charge in [0.05, 0.1) is 5.69 Å². The third-order valence-electron chi connectivity index (χ3n) is 3.09. The van der Waals surface area contributed by atoms with Crippen LogP contribution in [0.3, 0.4) is 0 Å². The SMILES string of the molecule is CN1C=CC=C/C1=C/C=C1/C=Nc2ccccc21. The van der Waals surface area contributed by atoms with Crippen LogP contribution in [0.4, 0.5) is 5.69 Å². The van der Waals surface area contributed by atoms with Crippen molar-refractivity contribution in [3.05, 3.63) is 72.1 Å². The molecular weight excluding hydrogens is 220 g/mol. The molecule has 1 aromatic carbocycles. The summed E-state index contributed by atoms with van der Waals surface area (Å²) in [5.74, 6) is 0. The van der Waals surface area contributed by atoms with Gasteiger partial charge in [-0.3, -0.25) is 4.99 Å². The Kier molecular flexibility index (Phi) is 2.69. The normalized spacial score (nSPS) is 21.1. The van der Waals surface area contributed by atoms with Crippen molar-refractivity contribution in [2.45, 2.75) is 0 Å². The Morgan fingerprint density at radius 3 is 2.89 bits per heavy atom. The van der Waals surface area contributed by atoms with E-state index in [1.165, 1.54) is 11.3 Å². The van der Waals surface area contributed by atoms with Gasteiger partial charge in [0.15, 0.2) is 0 Å². The maximum absolute atomic E-state index is 4.40. The smallest absolute Gasteiger partial charge is 0.0708 e. The third kappa shape index (κ3) is 1.93. The Labute approximate surface area is 107 Å². The molecule has 18 heavy (non-hydrogen) atoms. The van der Waals surface area contributed by atoms with Gasteiger partial charge < -0.3 is 4.90 Å². The number of rotatable bonds is 1. The second-order valence-corrected chi connectivity index (χ2v) is 4.30. The first-order valence-corrected chi connectivity index (χ1v) is 5.98. The van der Waals surface area contributed by atoms with Crippen molar-refractivity contribution in [1.82, 2.24) is 4.90 Å². The minimum Gasteiger partial charge on any atom is -0.351 e. The van der Waals surface area contributed by atoms with Crippen molar-refractivity contribution in [1.29, 1.82) is 0 Å². The van der Waals surface area contributed by atoms with E-state index in [0.29, 0.717) is 0 Å². The Bertz CT molecular complexity index is 616. The molecule has 2 nitrogen and oxygen atoms in total. The molecule has 0 N–H and O–H groups in total. The molecule has 0 atom stereocenters. The van der Waals surface area contributed by atoms with Gasteiger partial charge in [-0.15, -0.1) is 0 Å². The van der Waals surface area contributed by atoms with Crippen molar-refractivity contribution < 1.29 is 0 Å². The predicted octanol–water partition coefficient (Wildman–Crippen LogP) is 3.69. The third-order valence-corrected chi connectivity index (χ3v) is 3.09. The molecule has 0 bridgehead atoms. The van der Waals surface area contributed by atoms with Crippen molar-refractivity contribution in [2.75, 3.05) is 7.05 Å². The van der Waals surface area contributed by atoms with E-state index >= 15 is 0 Å². The van der Waals surface area contributed by atoms with Crippen molar-refractivity contribution >= 4 is 17.5 Å². The summed E-state index contributed by atoms with van der Waals surface area (Å²) in [6.45, 7) is 0. The highest BCUT2D eigenvalue weighted by Crippen LogP contribution is 2.30. The lowest BCUT2D eigenvalue weighted by Crippen LogP contribution is -2.09. The Balaban J connectivity index is 1.92. The van der Waals surface area contributed by atoms with Crippen LogP contribution in [0.2, 0.25) is 0 Å². The number of allylic oxidation sites excluding steroid dienone is 6. The molecule has 0 spiro atoms. The number of hydrogen-bond donors (Lipinski definition) is 0. The van der Waals surface area contributed by atoms with E-state index < -0.39 is 0 Å². The second-order valence-electron chi connectivity index (χ2n) is 4.30. The predicted molar refractivity (Wildman–Crippen MR) is 76.7 cm³/mol. The topological polar surface area (TPSA) is 15.6 Å². The van der Waals surface area contributed by atoms with E-state index in [9.17, 15) is 0 Å². The fourth-order valence-electron chi connectivity index (χ4n) is 2.06. The summed E-state index contributed by atoms with van der Waals surface area (Å²) in [4.78, 5) is 6.49. The number of aliphatic imine (C=N–C) groups is 1. The van der Waals surface area contributed by atoms with Crippen LogP contribution in [-0.4, -0.2) is 18.2 Å². The molecule has 0 aliphatic carbocycles. The monoisotopic (exact) mass is 234 g/mol. The fraction of sp³-hybridized carbons (Fsp3) is 0.0625. The van der Waals surface area contributed by atoms with Crippen molar-refractivity contribution in [2.24, 2.45) is 4.99 Å². The van der Waals surface area contributed by atoms with Gasteiger partial charge in [0, 0.05) is 36.3 Å². The standard InChI is InChI=1S/C16H14N2/c1-18-11-5-4-6-14(18)10-9-13-12-17-16-8-3-2-7-15(13)16/h2-12H,1H3/b13-9-,14-10-. The van der Waals surface area contributed by atoms with Crippen LogP contribution in [0.1, 0.15) is 5.56 Å². The van der Waals surface area contributed by atoms with Crippen molar-refractivity contribution in [3.8, 4) is 0 Å². The van der Waals surface area contributed by atoms with Crippen LogP contribution in [-0.2, 0) is 0 Å². The molecule has 2 heterocycles. The van der Waals surface area contributed by atoms with E-state index in [2.05, 4.69) is 34.2 Å². The lowest BCUT2D eigenvalue weighted by molar-refractivity contribution is 0.584. The number of fused-ring (bicyclic) bond motifs is 1. The molecule has 0 saturated carbocycles. The molecule has 2 heteroatoms. The first-order chi connectivity index (χ1) is 8.84. The van der Waals surface area contributed by atoms with Gasteiger partial charge in [0.1, 0.15) is 0 Å². The number of likely N-dealkylation sites (N-methyl/N-ethyl adjacent to an activating group) is 1. The first-order valence-electron chi connectivity index (χ1n) is 5.98. The summed E-state index contributed by atoms with van der Waals surface area (Å²) in [5.41, 5.74) is 4.58. The van der Waals surface area contributed by atoms with Crippen LogP contribution in [0.15, 0.2) is 71.5 Å². The van der Waals surface area contributed by atoms with Crippen LogP contribution in [0.5, 0.6) is 0 Å². The molecule has 0 fully saturated rings. The molecule has 0 unspecified atom stereocenters. The van der Waals surface area contributed by atoms with Crippen LogP contribution < -0.4 is 0 Å². The Morgan fingerprint density at radius 1 is 1.11 bits per heavy atom. The Hall–Kier alpha value is -2.35. The average molecular weight is 234 g/mol. The highest BCUT2D eigenvalue weighted by molar-refractivity contribution is 6.16. The van der Waals surface area contributed by atoms with Gasteiger partial charge in [0.2, 0.25) is 0 Å². The zero-order valence-electron chi connectivity index (χ0n) is 10.2. The fourth-order valence-corrected chi connectivity index (χ4v) is 2.06.